The molecule has 0 aliphatic heterocycles. The van der Waals surface area contributed by atoms with E-state index >= 15 is 0 Å². The smallest absolute Gasteiger partial charge is 0.255 e. The van der Waals surface area contributed by atoms with Crippen molar-refractivity contribution in [2.45, 2.75) is 13.8 Å². The number of rotatable bonds is 7. The van der Waals surface area contributed by atoms with E-state index in [1.165, 1.54) is 54.6 Å². The molecule has 0 heterocycles. The van der Waals surface area contributed by atoms with Gasteiger partial charge in [0, 0.05) is 57.4 Å². The lowest BCUT2D eigenvalue weighted by atomic mass is 10.1. The lowest BCUT2D eigenvalue weighted by molar-refractivity contribution is 0.0946. The van der Waals surface area contributed by atoms with Gasteiger partial charge in [-0.2, -0.15) is 0 Å². The van der Waals surface area contributed by atoms with Crippen molar-refractivity contribution in [3.05, 3.63) is 71.3 Å². The summed E-state index contributed by atoms with van der Waals surface area (Å²) in [6.45, 7) is 4.40. The lowest BCUT2D eigenvalue weighted by Crippen LogP contribution is -2.27. The molecule has 0 fully saturated rings. The van der Waals surface area contributed by atoms with E-state index in [0.717, 1.165) is 0 Å². The SMILES string of the molecule is CC(C)CNC(=O)c1cc(NC(=O)c2cc(N)cc(N)c2)cc(NC(=O)c2cc(N)cc(N)c2)c1. The molecule has 0 aromatic heterocycles. The summed E-state index contributed by atoms with van der Waals surface area (Å²) in [5.41, 5.74) is 25.8. The highest BCUT2D eigenvalue weighted by Crippen LogP contribution is 2.23. The Morgan fingerprint density at radius 3 is 1.34 bits per heavy atom. The van der Waals surface area contributed by atoms with Gasteiger partial charge < -0.3 is 38.9 Å². The molecule has 10 heteroatoms. The summed E-state index contributed by atoms with van der Waals surface area (Å²) in [7, 11) is 0. The second-order valence-corrected chi connectivity index (χ2v) is 8.59. The van der Waals surface area contributed by atoms with E-state index < -0.39 is 11.8 Å². The molecule has 182 valence electrons. The normalized spacial score (nSPS) is 10.6. The molecule has 0 bridgehead atoms. The summed E-state index contributed by atoms with van der Waals surface area (Å²) in [6.07, 6.45) is 0. The minimum absolute atomic E-state index is 0.240. The molecule has 0 unspecified atom stereocenters. The standard InChI is InChI=1S/C25H29N7O3/c1-13(2)12-30-23(33)16-7-21(31-24(34)14-3-17(26)9-18(27)4-14)11-22(8-16)32-25(35)15-5-19(28)10-20(29)6-15/h3-11,13H,12,26-29H2,1-2H3,(H,30,33)(H,31,34)(H,32,35). The zero-order valence-electron chi connectivity index (χ0n) is 19.5. The number of nitrogen functional groups attached to an aromatic ring is 4. The summed E-state index contributed by atoms with van der Waals surface area (Å²) in [5.74, 6) is -1.08. The van der Waals surface area contributed by atoms with Crippen molar-refractivity contribution in [3.8, 4) is 0 Å². The second-order valence-electron chi connectivity index (χ2n) is 8.59. The van der Waals surface area contributed by atoms with Crippen molar-refractivity contribution < 1.29 is 14.4 Å². The van der Waals surface area contributed by atoms with Crippen molar-refractivity contribution >= 4 is 51.8 Å². The van der Waals surface area contributed by atoms with Gasteiger partial charge in [-0.15, -0.1) is 0 Å². The molecular formula is C25H29N7O3. The van der Waals surface area contributed by atoms with Crippen LogP contribution in [0.15, 0.2) is 54.6 Å². The van der Waals surface area contributed by atoms with E-state index in [-0.39, 0.29) is 39.9 Å². The first-order valence-electron chi connectivity index (χ1n) is 10.9. The molecule has 10 nitrogen and oxygen atoms in total. The largest absolute Gasteiger partial charge is 0.399 e. The van der Waals surface area contributed by atoms with Crippen molar-refractivity contribution in [2.75, 3.05) is 40.1 Å². The van der Waals surface area contributed by atoms with Gasteiger partial charge in [0.05, 0.1) is 0 Å². The number of hydrogen-bond donors (Lipinski definition) is 7. The maximum absolute atomic E-state index is 12.8. The minimum atomic E-state index is -0.482. The van der Waals surface area contributed by atoms with Gasteiger partial charge in [0.25, 0.3) is 17.7 Å². The van der Waals surface area contributed by atoms with E-state index in [1.54, 1.807) is 0 Å². The van der Waals surface area contributed by atoms with Crippen molar-refractivity contribution in [1.29, 1.82) is 0 Å². The zero-order valence-corrected chi connectivity index (χ0v) is 19.5. The van der Waals surface area contributed by atoms with Gasteiger partial charge in [-0.05, 0) is 60.5 Å². The van der Waals surface area contributed by atoms with Crippen LogP contribution in [-0.2, 0) is 0 Å². The predicted molar refractivity (Wildman–Crippen MR) is 140 cm³/mol. The number of amides is 3. The highest BCUT2D eigenvalue weighted by molar-refractivity contribution is 6.09. The quantitative estimate of drug-likeness (QED) is 0.255. The molecule has 0 aliphatic carbocycles. The fourth-order valence-electron chi connectivity index (χ4n) is 3.32. The molecule has 0 saturated carbocycles. The van der Waals surface area contributed by atoms with Crippen LogP contribution in [0, 0.1) is 5.92 Å². The van der Waals surface area contributed by atoms with E-state index in [0.29, 0.717) is 29.3 Å². The maximum atomic E-state index is 12.8. The van der Waals surface area contributed by atoms with Crippen molar-refractivity contribution in [1.82, 2.24) is 5.32 Å². The number of carbonyl (C=O) groups is 3. The molecule has 35 heavy (non-hydrogen) atoms. The van der Waals surface area contributed by atoms with E-state index in [4.69, 9.17) is 22.9 Å². The first-order chi connectivity index (χ1) is 16.5. The number of hydrogen-bond acceptors (Lipinski definition) is 7. The highest BCUT2D eigenvalue weighted by Gasteiger charge is 2.15. The average molecular weight is 476 g/mol. The third kappa shape index (κ3) is 6.87. The van der Waals surface area contributed by atoms with E-state index in [2.05, 4.69) is 16.0 Å². The fourth-order valence-corrected chi connectivity index (χ4v) is 3.32. The van der Waals surface area contributed by atoms with Crippen LogP contribution in [0.4, 0.5) is 34.1 Å². The van der Waals surface area contributed by atoms with Crippen LogP contribution in [0.1, 0.15) is 44.9 Å². The van der Waals surface area contributed by atoms with Gasteiger partial charge in [0.2, 0.25) is 0 Å². The fraction of sp³-hybridized carbons (Fsp3) is 0.160. The highest BCUT2D eigenvalue weighted by atomic mass is 16.2. The monoisotopic (exact) mass is 475 g/mol. The average Bonchev–Trinajstić information content (AvgIpc) is 2.75. The third-order valence-electron chi connectivity index (χ3n) is 4.86. The molecule has 11 N–H and O–H groups in total. The van der Waals surface area contributed by atoms with Gasteiger partial charge in [0.15, 0.2) is 0 Å². The topological polar surface area (TPSA) is 191 Å². The number of nitrogens with one attached hydrogen (secondary N) is 3. The molecule has 0 saturated heterocycles. The number of carbonyl (C=O) groups excluding carboxylic acids is 3. The van der Waals surface area contributed by atoms with Gasteiger partial charge in [-0.25, -0.2) is 0 Å². The Morgan fingerprint density at radius 1 is 0.600 bits per heavy atom. The minimum Gasteiger partial charge on any atom is -0.399 e. The van der Waals surface area contributed by atoms with Crippen LogP contribution >= 0.6 is 0 Å². The lowest BCUT2D eigenvalue weighted by Gasteiger charge is -2.14. The summed E-state index contributed by atoms with van der Waals surface area (Å²) in [5, 5.41) is 8.27. The van der Waals surface area contributed by atoms with E-state index in [9.17, 15) is 14.4 Å². The third-order valence-corrected chi connectivity index (χ3v) is 4.86. The van der Waals surface area contributed by atoms with Gasteiger partial charge in [-0.1, -0.05) is 13.8 Å². The van der Waals surface area contributed by atoms with Crippen LogP contribution in [0.2, 0.25) is 0 Å². The first kappa shape index (κ1) is 24.9. The molecule has 3 aromatic rings. The Kier molecular flexibility index (Phi) is 7.45. The van der Waals surface area contributed by atoms with Crippen LogP contribution in [-0.4, -0.2) is 24.3 Å². The molecule has 3 rings (SSSR count). The molecule has 0 radical (unpaired) electrons. The molecule has 0 atom stereocenters. The summed E-state index contributed by atoms with van der Waals surface area (Å²) in [6, 6.07) is 13.6. The van der Waals surface area contributed by atoms with Gasteiger partial charge in [-0.3, -0.25) is 14.4 Å². The Bertz CT molecular complexity index is 1160. The zero-order chi connectivity index (χ0) is 25.7. The number of anilines is 6. The molecule has 3 amide bonds. The van der Waals surface area contributed by atoms with Crippen LogP contribution in [0.3, 0.4) is 0 Å². The van der Waals surface area contributed by atoms with E-state index in [1.807, 2.05) is 13.8 Å². The van der Waals surface area contributed by atoms with Gasteiger partial charge in [0.1, 0.15) is 0 Å². The van der Waals surface area contributed by atoms with Crippen LogP contribution < -0.4 is 38.9 Å². The summed E-state index contributed by atoms with van der Waals surface area (Å²) in [4.78, 5) is 38.4. The van der Waals surface area contributed by atoms with Crippen molar-refractivity contribution in [3.63, 3.8) is 0 Å². The Hall–Kier alpha value is -4.73. The number of nitrogens with two attached hydrogens (primary N) is 4. The Morgan fingerprint density at radius 2 is 0.971 bits per heavy atom. The molecular weight excluding hydrogens is 446 g/mol. The predicted octanol–water partition coefficient (Wildman–Crippen LogP) is 2.91. The second kappa shape index (κ2) is 10.5. The van der Waals surface area contributed by atoms with Crippen molar-refractivity contribution in [2.24, 2.45) is 5.92 Å². The van der Waals surface area contributed by atoms with Crippen LogP contribution in [0.5, 0.6) is 0 Å². The first-order valence-corrected chi connectivity index (χ1v) is 10.9. The maximum Gasteiger partial charge on any atom is 0.255 e. The molecule has 3 aromatic carbocycles. The summed E-state index contributed by atoms with van der Waals surface area (Å²) < 4.78 is 0. The van der Waals surface area contributed by atoms with Crippen LogP contribution in [0.25, 0.3) is 0 Å². The number of benzene rings is 3. The van der Waals surface area contributed by atoms with Gasteiger partial charge >= 0.3 is 0 Å². The molecule has 0 spiro atoms. The Labute approximate surface area is 203 Å². The summed E-state index contributed by atoms with van der Waals surface area (Å²) >= 11 is 0. The molecule has 0 aliphatic rings. The Balaban J connectivity index is 1.92.